The van der Waals surface area contributed by atoms with Crippen molar-refractivity contribution in [2.75, 3.05) is 25.5 Å². The first-order valence-corrected chi connectivity index (χ1v) is 6.17. The fourth-order valence-electron chi connectivity index (χ4n) is 1.34. The van der Waals surface area contributed by atoms with E-state index in [1.807, 2.05) is 0 Å². The zero-order chi connectivity index (χ0) is 12.3. The lowest BCUT2D eigenvalue weighted by Gasteiger charge is -2.05. The SMILES string of the molecule is CCCCOCCCNCc1cnc(N)nc1. The standard InChI is InChI=1S/C12H22N4O/c1-2-3-6-17-7-4-5-14-8-11-9-15-12(13)16-10-11/h9-10,14H,2-8H2,1H3,(H2,13,15,16). The Balaban J connectivity index is 1.95. The lowest BCUT2D eigenvalue weighted by molar-refractivity contribution is 0.129. The Labute approximate surface area is 103 Å². The topological polar surface area (TPSA) is 73.1 Å². The van der Waals surface area contributed by atoms with Crippen LogP contribution in [0.15, 0.2) is 12.4 Å². The molecule has 0 aliphatic carbocycles. The highest BCUT2D eigenvalue weighted by molar-refractivity contribution is 5.16. The zero-order valence-corrected chi connectivity index (χ0v) is 10.5. The predicted molar refractivity (Wildman–Crippen MR) is 68.5 cm³/mol. The average molecular weight is 238 g/mol. The molecule has 0 bridgehead atoms. The van der Waals surface area contributed by atoms with Crippen molar-refractivity contribution < 1.29 is 4.74 Å². The van der Waals surface area contributed by atoms with E-state index in [0.717, 1.165) is 44.7 Å². The van der Waals surface area contributed by atoms with Gasteiger partial charge in [0.05, 0.1) is 0 Å². The van der Waals surface area contributed by atoms with E-state index in [-0.39, 0.29) is 0 Å². The largest absolute Gasteiger partial charge is 0.381 e. The highest BCUT2D eigenvalue weighted by atomic mass is 16.5. The van der Waals surface area contributed by atoms with Crippen molar-refractivity contribution in [1.82, 2.24) is 15.3 Å². The highest BCUT2D eigenvalue weighted by Gasteiger charge is 1.94. The lowest BCUT2D eigenvalue weighted by atomic mass is 10.3. The smallest absolute Gasteiger partial charge is 0.219 e. The van der Waals surface area contributed by atoms with Crippen molar-refractivity contribution in [1.29, 1.82) is 0 Å². The summed E-state index contributed by atoms with van der Waals surface area (Å²) in [7, 11) is 0. The van der Waals surface area contributed by atoms with Gasteiger partial charge in [-0.15, -0.1) is 0 Å². The molecule has 0 atom stereocenters. The number of hydrogen-bond donors (Lipinski definition) is 2. The summed E-state index contributed by atoms with van der Waals surface area (Å²) in [5.74, 6) is 0.318. The Morgan fingerprint density at radius 3 is 2.65 bits per heavy atom. The first-order chi connectivity index (χ1) is 8.33. The molecule has 0 aromatic carbocycles. The number of anilines is 1. The van der Waals surface area contributed by atoms with Crippen LogP contribution in [0.4, 0.5) is 5.95 Å². The van der Waals surface area contributed by atoms with Crippen LogP contribution < -0.4 is 11.1 Å². The van der Waals surface area contributed by atoms with E-state index in [0.29, 0.717) is 5.95 Å². The normalized spacial score (nSPS) is 10.6. The summed E-state index contributed by atoms with van der Waals surface area (Å²) in [5.41, 5.74) is 6.45. The van der Waals surface area contributed by atoms with E-state index in [1.165, 1.54) is 6.42 Å². The van der Waals surface area contributed by atoms with E-state index in [9.17, 15) is 0 Å². The van der Waals surface area contributed by atoms with Crippen LogP contribution in [-0.2, 0) is 11.3 Å². The first-order valence-electron chi connectivity index (χ1n) is 6.17. The molecule has 1 heterocycles. The summed E-state index contributed by atoms with van der Waals surface area (Å²) in [5, 5.41) is 3.31. The summed E-state index contributed by atoms with van der Waals surface area (Å²) in [6.45, 7) is 5.58. The Morgan fingerprint density at radius 1 is 1.24 bits per heavy atom. The maximum atomic E-state index is 5.46. The van der Waals surface area contributed by atoms with Gasteiger partial charge in [-0.2, -0.15) is 0 Å². The number of rotatable bonds is 9. The van der Waals surface area contributed by atoms with Crippen molar-refractivity contribution in [2.24, 2.45) is 0 Å². The van der Waals surface area contributed by atoms with Crippen molar-refractivity contribution >= 4 is 5.95 Å². The van der Waals surface area contributed by atoms with Crippen LogP contribution >= 0.6 is 0 Å². The molecular weight excluding hydrogens is 216 g/mol. The summed E-state index contributed by atoms with van der Waals surface area (Å²) in [4.78, 5) is 7.86. The number of nitrogens with one attached hydrogen (secondary N) is 1. The van der Waals surface area contributed by atoms with Crippen molar-refractivity contribution in [3.8, 4) is 0 Å². The van der Waals surface area contributed by atoms with Crippen LogP contribution in [0, 0.1) is 0 Å². The second-order valence-corrected chi connectivity index (χ2v) is 3.95. The van der Waals surface area contributed by atoms with Gasteiger partial charge in [-0.3, -0.25) is 0 Å². The van der Waals surface area contributed by atoms with Crippen LogP contribution in [0.25, 0.3) is 0 Å². The minimum absolute atomic E-state index is 0.318. The Morgan fingerprint density at radius 2 is 1.94 bits per heavy atom. The minimum Gasteiger partial charge on any atom is -0.381 e. The fourth-order valence-corrected chi connectivity index (χ4v) is 1.34. The molecule has 0 saturated carbocycles. The number of hydrogen-bond acceptors (Lipinski definition) is 5. The second kappa shape index (κ2) is 8.90. The van der Waals surface area contributed by atoms with E-state index in [1.54, 1.807) is 12.4 Å². The van der Waals surface area contributed by atoms with Gasteiger partial charge in [-0.05, 0) is 19.4 Å². The molecule has 0 unspecified atom stereocenters. The lowest BCUT2D eigenvalue weighted by Crippen LogP contribution is -2.17. The van der Waals surface area contributed by atoms with Crippen LogP contribution in [-0.4, -0.2) is 29.7 Å². The maximum Gasteiger partial charge on any atom is 0.219 e. The summed E-state index contributed by atoms with van der Waals surface area (Å²) in [6.07, 6.45) is 6.85. The molecule has 1 rings (SSSR count). The van der Waals surface area contributed by atoms with Gasteiger partial charge in [0.15, 0.2) is 0 Å². The van der Waals surface area contributed by atoms with E-state index in [4.69, 9.17) is 10.5 Å². The van der Waals surface area contributed by atoms with E-state index < -0.39 is 0 Å². The fraction of sp³-hybridized carbons (Fsp3) is 0.667. The molecule has 17 heavy (non-hydrogen) atoms. The summed E-state index contributed by atoms with van der Waals surface area (Å²) in [6, 6.07) is 0. The van der Waals surface area contributed by atoms with E-state index in [2.05, 4.69) is 22.2 Å². The molecule has 0 radical (unpaired) electrons. The summed E-state index contributed by atoms with van der Waals surface area (Å²) < 4.78 is 5.46. The summed E-state index contributed by atoms with van der Waals surface area (Å²) >= 11 is 0. The molecule has 0 amide bonds. The van der Waals surface area contributed by atoms with Crippen molar-refractivity contribution in [3.63, 3.8) is 0 Å². The third-order valence-corrected chi connectivity index (χ3v) is 2.34. The van der Waals surface area contributed by atoms with Crippen LogP contribution in [0.5, 0.6) is 0 Å². The predicted octanol–water partition coefficient (Wildman–Crippen LogP) is 1.36. The quantitative estimate of drug-likeness (QED) is 0.635. The van der Waals surface area contributed by atoms with Crippen LogP contribution in [0.3, 0.4) is 0 Å². The molecule has 0 saturated heterocycles. The molecule has 0 aliphatic heterocycles. The first kappa shape index (κ1) is 13.9. The number of nitrogens with two attached hydrogens (primary N) is 1. The third-order valence-electron chi connectivity index (χ3n) is 2.34. The second-order valence-electron chi connectivity index (χ2n) is 3.95. The van der Waals surface area contributed by atoms with E-state index >= 15 is 0 Å². The number of nitrogen functional groups attached to an aromatic ring is 1. The molecule has 5 heteroatoms. The maximum absolute atomic E-state index is 5.46. The molecule has 96 valence electrons. The van der Waals surface area contributed by atoms with Crippen molar-refractivity contribution in [2.45, 2.75) is 32.7 Å². The number of aromatic nitrogens is 2. The molecule has 1 aromatic heterocycles. The Hall–Kier alpha value is -1.20. The molecule has 0 aliphatic rings. The van der Waals surface area contributed by atoms with Gasteiger partial charge >= 0.3 is 0 Å². The number of ether oxygens (including phenoxy) is 1. The Kier molecular flexibility index (Phi) is 7.25. The van der Waals surface area contributed by atoms with Crippen molar-refractivity contribution in [3.05, 3.63) is 18.0 Å². The van der Waals surface area contributed by atoms with Crippen LogP contribution in [0.1, 0.15) is 31.7 Å². The van der Waals surface area contributed by atoms with Gasteiger partial charge in [0.2, 0.25) is 5.95 Å². The minimum atomic E-state index is 0.318. The van der Waals surface area contributed by atoms with Gasteiger partial charge in [-0.25, -0.2) is 9.97 Å². The molecule has 5 nitrogen and oxygen atoms in total. The average Bonchev–Trinajstić information content (AvgIpc) is 2.35. The van der Waals surface area contributed by atoms with Crippen LogP contribution in [0.2, 0.25) is 0 Å². The van der Waals surface area contributed by atoms with Gasteiger partial charge < -0.3 is 15.8 Å². The highest BCUT2D eigenvalue weighted by Crippen LogP contribution is 1.96. The molecule has 0 fully saturated rings. The number of nitrogens with zero attached hydrogens (tertiary/aromatic N) is 2. The third kappa shape index (κ3) is 6.86. The zero-order valence-electron chi connectivity index (χ0n) is 10.5. The molecule has 3 N–H and O–H groups in total. The van der Waals surface area contributed by atoms with Gasteiger partial charge in [0.25, 0.3) is 0 Å². The Bertz CT molecular complexity index is 289. The number of unbranched alkanes of at least 4 members (excludes halogenated alkanes) is 1. The van der Waals surface area contributed by atoms with Gasteiger partial charge in [0.1, 0.15) is 0 Å². The van der Waals surface area contributed by atoms with Gasteiger partial charge in [0, 0.05) is 37.7 Å². The van der Waals surface area contributed by atoms with Gasteiger partial charge in [-0.1, -0.05) is 13.3 Å². The molecular formula is C12H22N4O. The monoisotopic (exact) mass is 238 g/mol. The molecule has 1 aromatic rings. The molecule has 0 spiro atoms.